The Balaban J connectivity index is 2.21. The number of rotatable bonds is 1. The largest absolute Gasteiger partial charge is 0.506 e. The first-order valence-corrected chi connectivity index (χ1v) is 7.05. The molecule has 1 unspecified atom stereocenters. The van der Waals surface area contributed by atoms with Gasteiger partial charge < -0.3 is 5.11 Å². The summed E-state index contributed by atoms with van der Waals surface area (Å²) in [7, 11) is -3.12. The highest BCUT2D eigenvalue weighted by atomic mass is 32.2. The van der Waals surface area contributed by atoms with Crippen LogP contribution >= 0.6 is 0 Å². The number of hydrogen-bond donors (Lipinski definition) is 1. The Labute approximate surface area is 97.8 Å². The number of fused-ring (bicyclic) bond motifs is 1. The van der Waals surface area contributed by atoms with Crippen molar-refractivity contribution in [2.24, 2.45) is 0 Å². The molecule has 1 atom stereocenters. The van der Waals surface area contributed by atoms with Crippen LogP contribution in [0.5, 0.6) is 5.75 Å². The highest BCUT2D eigenvalue weighted by molar-refractivity contribution is 7.91. The zero-order chi connectivity index (χ0) is 12.0. The smallest absolute Gasteiger partial charge is 0.161 e. The van der Waals surface area contributed by atoms with Gasteiger partial charge in [-0.1, -0.05) is 0 Å². The van der Waals surface area contributed by atoms with Crippen molar-refractivity contribution in [3.05, 3.63) is 24.2 Å². The van der Waals surface area contributed by atoms with Gasteiger partial charge >= 0.3 is 0 Å². The molecule has 0 bridgehead atoms. The molecule has 3 rings (SSSR count). The first-order chi connectivity index (χ1) is 8.08. The van der Waals surface area contributed by atoms with Crippen molar-refractivity contribution in [1.29, 1.82) is 0 Å². The van der Waals surface area contributed by atoms with Gasteiger partial charge in [-0.3, -0.25) is 4.40 Å². The highest BCUT2D eigenvalue weighted by Crippen LogP contribution is 2.33. The number of sulfone groups is 1. The number of hydrogen-bond acceptors (Lipinski definition) is 5. The summed E-state index contributed by atoms with van der Waals surface area (Å²) in [5, 5.41) is 16.7. The van der Waals surface area contributed by atoms with Crippen molar-refractivity contribution in [2.45, 2.75) is 18.1 Å². The maximum Gasteiger partial charge on any atom is 0.161 e. The first kappa shape index (κ1) is 10.5. The molecular weight excluding hydrogens is 242 g/mol. The van der Waals surface area contributed by atoms with E-state index in [-0.39, 0.29) is 11.5 Å². The molecule has 17 heavy (non-hydrogen) atoms. The van der Waals surface area contributed by atoms with Crippen LogP contribution in [0.3, 0.4) is 0 Å². The Morgan fingerprint density at radius 2 is 2.18 bits per heavy atom. The third-order valence-corrected chi connectivity index (χ3v) is 5.20. The standard InChI is InChI=1S/C10H11N3O3S/c14-7-3-4-9-11-12-10(13(9)6-7)8-2-1-5-17(8,15)16/h3-4,6,8,14H,1-2,5H2. The molecule has 0 radical (unpaired) electrons. The minimum Gasteiger partial charge on any atom is -0.506 e. The van der Waals surface area contributed by atoms with Gasteiger partial charge in [0, 0.05) is 0 Å². The highest BCUT2D eigenvalue weighted by Gasteiger charge is 2.36. The third-order valence-electron chi connectivity index (χ3n) is 3.03. The average Bonchev–Trinajstić information content (AvgIpc) is 2.80. The van der Waals surface area contributed by atoms with E-state index in [0.29, 0.717) is 24.3 Å². The van der Waals surface area contributed by atoms with Gasteiger partial charge in [0.1, 0.15) is 11.0 Å². The summed E-state index contributed by atoms with van der Waals surface area (Å²) < 4.78 is 25.2. The SMILES string of the molecule is O=S1(=O)CCCC1c1nnc2ccc(O)cn12. The zero-order valence-electron chi connectivity index (χ0n) is 8.94. The summed E-state index contributed by atoms with van der Waals surface area (Å²) in [6.07, 6.45) is 2.66. The maximum atomic E-state index is 11.8. The second-order valence-corrected chi connectivity index (χ2v) is 6.47. The molecule has 0 saturated carbocycles. The minimum atomic E-state index is -3.12. The van der Waals surface area contributed by atoms with Gasteiger partial charge in [-0.25, -0.2) is 8.42 Å². The molecule has 1 aliphatic heterocycles. The molecule has 0 spiro atoms. The van der Waals surface area contributed by atoms with Gasteiger partial charge in [0.15, 0.2) is 21.3 Å². The number of aromatic nitrogens is 3. The van der Waals surface area contributed by atoms with E-state index >= 15 is 0 Å². The van der Waals surface area contributed by atoms with Crippen molar-refractivity contribution in [3.8, 4) is 5.75 Å². The van der Waals surface area contributed by atoms with Crippen LogP contribution in [0.2, 0.25) is 0 Å². The maximum absolute atomic E-state index is 11.8. The van der Waals surface area contributed by atoms with Crippen LogP contribution in [0, 0.1) is 0 Å². The Kier molecular flexibility index (Phi) is 2.12. The predicted octanol–water partition coefficient (Wildman–Crippen LogP) is 0.685. The van der Waals surface area contributed by atoms with E-state index in [9.17, 15) is 13.5 Å². The van der Waals surface area contributed by atoms with Crippen LogP contribution < -0.4 is 0 Å². The van der Waals surface area contributed by atoms with Crippen LogP contribution in [-0.2, 0) is 9.84 Å². The number of nitrogens with zero attached hydrogens (tertiary/aromatic N) is 3. The molecule has 7 heteroatoms. The molecule has 2 aromatic rings. The van der Waals surface area contributed by atoms with Crippen LogP contribution in [-0.4, -0.2) is 33.9 Å². The zero-order valence-corrected chi connectivity index (χ0v) is 9.76. The summed E-state index contributed by atoms with van der Waals surface area (Å²) >= 11 is 0. The normalized spacial score (nSPS) is 23.2. The number of pyridine rings is 1. The number of aromatic hydroxyl groups is 1. The van der Waals surface area contributed by atoms with E-state index < -0.39 is 15.1 Å². The van der Waals surface area contributed by atoms with Gasteiger partial charge in [-0.05, 0) is 25.0 Å². The molecular formula is C10H11N3O3S. The molecule has 6 nitrogen and oxygen atoms in total. The van der Waals surface area contributed by atoms with E-state index in [0.717, 1.165) is 0 Å². The fourth-order valence-electron chi connectivity index (χ4n) is 2.20. The summed E-state index contributed by atoms with van der Waals surface area (Å²) in [6.45, 7) is 0. The second-order valence-electron chi connectivity index (χ2n) is 4.17. The lowest BCUT2D eigenvalue weighted by Gasteiger charge is -2.06. The topological polar surface area (TPSA) is 84.6 Å². The van der Waals surface area contributed by atoms with Gasteiger partial charge in [-0.15, -0.1) is 10.2 Å². The van der Waals surface area contributed by atoms with E-state index in [2.05, 4.69) is 10.2 Å². The predicted molar refractivity (Wildman–Crippen MR) is 60.4 cm³/mol. The summed E-state index contributed by atoms with van der Waals surface area (Å²) in [5.74, 6) is 0.660. The molecule has 1 fully saturated rings. The Morgan fingerprint density at radius 3 is 2.88 bits per heavy atom. The van der Waals surface area contributed by atoms with E-state index in [1.807, 2.05) is 0 Å². The van der Waals surface area contributed by atoms with Crippen molar-refractivity contribution >= 4 is 15.5 Å². The average molecular weight is 253 g/mol. The van der Waals surface area contributed by atoms with E-state index in [4.69, 9.17) is 0 Å². The lowest BCUT2D eigenvalue weighted by atomic mass is 10.2. The van der Waals surface area contributed by atoms with Crippen molar-refractivity contribution < 1.29 is 13.5 Å². The van der Waals surface area contributed by atoms with Crippen molar-refractivity contribution in [2.75, 3.05) is 5.75 Å². The summed E-state index contributed by atoms with van der Waals surface area (Å²) in [6, 6.07) is 3.10. The molecule has 90 valence electrons. The van der Waals surface area contributed by atoms with Crippen LogP contribution in [0.25, 0.3) is 5.65 Å². The molecule has 0 aliphatic carbocycles. The minimum absolute atomic E-state index is 0.0638. The quantitative estimate of drug-likeness (QED) is 0.808. The lowest BCUT2D eigenvalue weighted by Crippen LogP contribution is -2.11. The molecule has 2 aromatic heterocycles. The fourth-order valence-corrected chi connectivity index (χ4v) is 4.06. The van der Waals surface area contributed by atoms with Crippen molar-refractivity contribution in [3.63, 3.8) is 0 Å². The molecule has 1 aliphatic rings. The third kappa shape index (κ3) is 1.57. The van der Waals surface area contributed by atoms with Crippen LogP contribution in [0.15, 0.2) is 18.3 Å². The summed E-state index contributed by atoms with van der Waals surface area (Å²) in [4.78, 5) is 0. The van der Waals surface area contributed by atoms with Crippen LogP contribution in [0.1, 0.15) is 23.9 Å². The Bertz CT molecular complexity index is 677. The van der Waals surface area contributed by atoms with Gasteiger partial charge in [0.25, 0.3) is 0 Å². The molecule has 1 saturated heterocycles. The van der Waals surface area contributed by atoms with Gasteiger partial charge in [0.2, 0.25) is 0 Å². The second kappa shape index (κ2) is 3.43. The molecule has 3 heterocycles. The van der Waals surface area contributed by atoms with E-state index in [1.165, 1.54) is 12.3 Å². The Morgan fingerprint density at radius 1 is 1.35 bits per heavy atom. The van der Waals surface area contributed by atoms with Gasteiger partial charge in [-0.2, -0.15) is 0 Å². The van der Waals surface area contributed by atoms with Gasteiger partial charge in [0.05, 0.1) is 11.9 Å². The Hall–Kier alpha value is -1.63. The van der Waals surface area contributed by atoms with Crippen molar-refractivity contribution in [1.82, 2.24) is 14.6 Å². The lowest BCUT2D eigenvalue weighted by molar-refractivity contribution is 0.471. The van der Waals surface area contributed by atoms with E-state index in [1.54, 1.807) is 10.5 Å². The molecule has 0 amide bonds. The molecule has 1 N–H and O–H groups in total. The molecule has 0 aromatic carbocycles. The monoisotopic (exact) mass is 253 g/mol. The fraction of sp³-hybridized carbons (Fsp3) is 0.400. The summed E-state index contributed by atoms with van der Waals surface area (Å²) in [5.41, 5.74) is 0.542. The van der Waals surface area contributed by atoms with Crippen LogP contribution in [0.4, 0.5) is 0 Å². The first-order valence-electron chi connectivity index (χ1n) is 5.33.